The Morgan fingerprint density at radius 3 is 2.26 bits per heavy atom. The monoisotopic (exact) mass is 319 g/mol. The molecule has 0 radical (unpaired) electrons. The summed E-state index contributed by atoms with van der Waals surface area (Å²) in [4.78, 5) is 11.0. The minimum absolute atomic E-state index is 0.0448. The average molecular weight is 319 g/mol. The first-order chi connectivity index (χ1) is 10.6. The van der Waals surface area contributed by atoms with Gasteiger partial charge in [-0.25, -0.2) is 4.79 Å². The van der Waals surface area contributed by atoms with Gasteiger partial charge in [-0.05, 0) is 50.9 Å². The van der Waals surface area contributed by atoms with E-state index in [1.807, 2.05) is 27.7 Å². The molecule has 0 amide bonds. The molecule has 0 spiro atoms. The molecule has 1 aromatic carbocycles. The van der Waals surface area contributed by atoms with Crippen molar-refractivity contribution in [1.82, 2.24) is 0 Å². The molecule has 4 N–H and O–H groups in total. The number of aliphatic hydroxyl groups is 1. The highest BCUT2D eigenvalue weighted by Gasteiger charge is 2.52. The van der Waals surface area contributed by atoms with Crippen LogP contribution in [0.5, 0.6) is 0 Å². The van der Waals surface area contributed by atoms with Gasteiger partial charge in [-0.15, -0.1) is 0 Å². The molecule has 23 heavy (non-hydrogen) atoms. The van der Waals surface area contributed by atoms with E-state index in [4.69, 9.17) is 20.1 Å². The van der Waals surface area contributed by atoms with Crippen molar-refractivity contribution in [3.8, 4) is 0 Å². The highest BCUT2D eigenvalue weighted by Crippen LogP contribution is 2.38. The Bertz CT molecular complexity index is 638. The third-order valence-electron chi connectivity index (χ3n) is 4.40. The van der Waals surface area contributed by atoms with Crippen molar-refractivity contribution in [2.45, 2.75) is 38.9 Å². The first-order valence-electron chi connectivity index (χ1n) is 7.37. The second kappa shape index (κ2) is 6.00. The maximum Gasteiger partial charge on any atom is 0.492 e. The molecule has 0 aliphatic carbocycles. The van der Waals surface area contributed by atoms with Crippen molar-refractivity contribution >= 4 is 24.9 Å². The maximum absolute atomic E-state index is 11.0. The van der Waals surface area contributed by atoms with E-state index in [2.05, 4.69) is 0 Å². The second-order valence-corrected chi connectivity index (χ2v) is 6.62. The molecular weight excluding hydrogens is 297 g/mol. The van der Waals surface area contributed by atoms with Crippen molar-refractivity contribution in [1.29, 1.82) is 0 Å². The van der Waals surface area contributed by atoms with E-state index >= 15 is 0 Å². The fourth-order valence-corrected chi connectivity index (χ4v) is 2.26. The normalized spacial score (nSPS) is 19.9. The number of nitrogens with two attached hydrogens (primary N) is 1. The van der Waals surface area contributed by atoms with Crippen LogP contribution in [0.4, 0.5) is 5.69 Å². The fourth-order valence-electron chi connectivity index (χ4n) is 2.26. The highest BCUT2D eigenvalue weighted by atomic mass is 16.7. The summed E-state index contributed by atoms with van der Waals surface area (Å²) in [7, 11) is -0.662. The fraction of sp³-hybridized carbons (Fsp3) is 0.438. The topological polar surface area (TPSA) is 102 Å². The van der Waals surface area contributed by atoms with Crippen LogP contribution < -0.4 is 5.73 Å². The predicted octanol–water partition coefficient (Wildman–Crippen LogP) is 1.97. The highest BCUT2D eigenvalue weighted by molar-refractivity contribution is 6.55. The molecule has 6 nitrogen and oxygen atoms in total. The SMILES string of the molecule is CC1(C)OB(C(=Cc2ccc(C(=O)O)c(N)c2)CO)OC1(C)C. The Morgan fingerprint density at radius 1 is 1.26 bits per heavy atom. The number of hydrogen-bond donors (Lipinski definition) is 3. The standard InChI is InChI=1S/C16H22BNO5/c1-15(2)16(3,4)23-17(22-15)11(9-19)7-10-5-6-12(14(20)21)13(18)8-10/h5-8,19H,9,18H2,1-4H3,(H,20,21). The summed E-state index contributed by atoms with van der Waals surface area (Å²) >= 11 is 0. The number of carboxylic acids is 1. The first kappa shape index (κ1) is 17.5. The summed E-state index contributed by atoms with van der Waals surface area (Å²) in [5, 5.41) is 18.6. The van der Waals surface area contributed by atoms with Crippen LogP contribution in [0, 0.1) is 0 Å². The molecule has 0 atom stereocenters. The lowest BCUT2D eigenvalue weighted by atomic mass is 9.77. The largest absolute Gasteiger partial charge is 0.492 e. The van der Waals surface area contributed by atoms with E-state index in [-0.39, 0.29) is 17.9 Å². The van der Waals surface area contributed by atoms with Crippen molar-refractivity contribution in [3.63, 3.8) is 0 Å². The lowest BCUT2D eigenvalue weighted by Gasteiger charge is -2.32. The number of carbonyl (C=O) groups is 1. The van der Waals surface area contributed by atoms with Gasteiger partial charge in [0.15, 0.2) is 0 Å². The maximum atomic E-state index is 11.0. The Labute approximate surface area is 136 Å². The van der Waals surface area contributed by atoms with E-state index in [1.165, 1.54) is 6.07 Å². The van der Waals surface area contributed by atoms with E-state index in [0.29, 0.717) is 11.0 Å². The van der Waals surface area contributed by atoms with Gasteiger partial charge in [0.1, 0.15) is 0 Å². The lowest BCUT2D eigenvalue weighted by molar-refractivity contribution is 0.00578. The zero-order valence-corrected chi connectivity index (χ0v) is 13.8. The van der Waals surface area contributed by atoms with Crippen LogP contribution in [0.15, 0.2) is 23.7 Å². The zero-order chi connectivity index (χ0) is 17.4. The summed E-state index contributed by atoms with van der Waals surface area (Å²) in [5.74, 6) is -1.08. The summed E-state index contributed by atoms with van der Waals surface area (Å²) in [6.07, 6.45) is 1.70. The molecule has 1 aliphatic heterocycles. The molecule has 1 aliphatic rings. The molecular formula is C16H22BNO5. The van der Waals surface area contributed by atoms with Crippen molar-refractivity contribution in [2.24, 2.45) is 0 Å². The van der Waals surface area contributed by atoms with Gasteiger partial charge in [0.2, 0.25) is 0 Å². The average Bonchev–Trinajstić information content (AvgIpc) is 2.64. The summed E-state index contributed by atoms with van der Waals surface area (Å²) in [6.45, 7) is 7.49. The number of nitrogen functional groups attached to an aromatic ring is 1. The number of anilines is 1. The number of rotatable bonds is 4. The van der Waals surface area contributed by atoms with Gasteiger partial charge in [0, 0.05) is 5.69 Å². The molecule has 1 saturated heterocycles. The number of aromatic carboxylic acids is 1. The van der Waals surface area contributed by atoms with Crippen LogP contribution in [0.1, 0.15) is 43.6 Å². The third-order valence-corrected chi connectivity index (χ3v) is 4.40. The minimum Gasteiger partial charge on any atom is -0.478 e. The van der Waals surface area contributed by atoms with Crippen molar-refractivity contribution < 1.29 is 24.3 Å². The zero-order valence-electron chi connectivity index (χ0n) is 13.8. The van der Waals surface area contributed by atoms with Crippen LogP contribution >= 0.6 is 0 Å². The van der Waals surface area contributed by atoms with Gasteiger partial charge >= 0.3 is 13.1 Å². The summed E-state index contributed by atoms with van der Waals surface area (Å²) in [5.41, 5.74) is 6.17. The van der Waals surface area contributed by atoms with Gasteiger partial charge in [0.25, 0.3) is 0 Å². The van der Waals surface area contributed by atoms with Crippen LogP contribution in [0.3, 0.4) is 0 Å². The van der Waals surface area contributed by atoms with Crippen LogP contribution in [0.2, 0.25) is 0 Å². The molecule has 2 rings (SSSR count). The van der Waals surface area contributed by atoms with E-state index in [1.54, 1.807) is 18.2 Å². The van der Waals surface area contributed by atoms with Gasteiger partial charge in [-0.3, -0.25) is 0 Å². The van der Waals surface area contributed by atoms with E-state index in [0.717, 1.165) is 0 Å². The summed E-state index contributed by atoms with van der Waals surface area (Å²) in [6, 6.07) is 4.60. The number of carboxylic acid groups (broad SMARTS) is 1. The molecule has 0 unspecified atom stereocenters. The molecule has 0 saturated carbocycles. The van der Waals surface area contributed by atoms with Crippen molar-refractivity contribution in [2.75, 3.05) is 12.3 Å². The smallest absolute Gasteiger partial charge is 0.478 e. The number of hydrogen-bond acceptors (Lipinski definition) is 5. The number of aliphatic hydroxyl groups excluding tert-OH is 1. The van der Waals surface area contributed by atoms with Crippen LogP contribution in [0.25, 0.3) is 6.08 Å². The molecule has 124 valence electrons. The minimum atomic E-state index is -1.08. The quantitative estimate of drug-likeness (QED) is 0.579. The molecule has 0 bridgehead atoms. The van der Waals surface area contributed by atoms with Gasteiger partial charge < -0.3 is 25.3 Å². The molecule has 7 heteroatoms. The molecule has 1 fully saturated rings. The Kier molecular flexibility index (Phi) is 4.57. The van der Waals surface area contributed by atoms with E-state index in [9.17, 15) is 9.90 Å². The van der Waals surface area contributed by atoms with Gasteiger partial charge in [-0.2, -0.15) is 0 Å². The van der Waals surface area contributed by atoms with Crippen LogP contribution in [-0.2, 0) is 9.31 Å². The first-order valence-corrected chi connectivity index (χ1v) is 7.37. The lowest BCUT2D eigenvalue weighted by Crippen LogP contribution is -2.41. The number of benzene rings is 1. The second-order valence-electron chi connectivity index (χ2n) is 6.62. The Balaban J connectivity index is 2.30. The molecule has 1 aromatic rings. The molecule has 1 heterocycles. The van der Waals surface area contributed by atoms with Gasteiger partial charge in [0.05, 0.1) is 23.4 Å². The molecule has 0 aromatic heterocycles. The Hall–Kier alpha value is -1.83. The van der Waals surface area contributed by atoms with Crippen molar-refractivity contribution in [3.05, 3.63) is 34.8 Å². The third kappa shape index (κ3) is 3.42. The van der Waals surface area contributed by atoms with Crippen LogP contribution in [-0.4, -0.2) is 41.1 Å². The van der Waals surface area contributed by atoms with Gasteiger partial charge in [-0.1, -0.05) is 12.1 Å². The Morgan fingerprint density at radius 2 is 1.83 bits per heavy atom. The summed E-state index contributed by atoms with van der Waals surface area (Å²) < 4.78 is 11.8. The van der Waals surface area contributed by atoms with E-state index < -0.39 is 24.3 Å². The predicted molar refractivity (Wildman–Crippen MR) is 89.0 cm³/mol.